The van der Waals surface area contributed by atoms with Gasteiger partial charge in [0.25, 0.3) is 5.91 Å². The maximum absolute atomic E-state index is 13.1. The Morgan fingerprint density at radius 1 is 1.16 bits per heavy atom. The van der Waals surface area contributed by atoms with Crippen LogP contribution in [0.1, 0.15) is 29.6 Å². The van der Waals surface area contributed by atoms with Gasteiger partial charge in [-0.25, -0.2) is 12.8 Å². The number of benzene rings is 2. The highest BCUT2D eigenvalue weighted by atomic mass is 35.5. The minimum atomic E-state index is -3.79. The standard InChI is InChI=1S/C20H20Cl2FN3O5S/c21-14-3-8-17(18(22)11-14)20(28)24-25-31-19(27)10-13-2-1-9-26(12-13)32(29,30)16-6-4-15(23)5-7-16/h3-8,11,13,25H,1-2,9-10,12H2,(H,24,28). The van der Waals surface area contributed by atoms with E-state index in [1.807, 2.05) is 0 Å². The molecule has 1 fully saturated rings. The summed E-state index contributed by atoms with van der Waals surface area (Å²) in [7, 11) is -3.79. The van der Waals surface area contributed by atoms with Crippen LogP contribution in [0, 0.1) is 11.7 Å². The van der Waals surface area contributed by atoms with Gasteiger partial charge in [-0.1, -0.05) is 28.8 Å². The minimum Gasteiger partial charge on any atom is -0.351 e. The van der Waals surface area contributed by atoms with Gasteiger partial charge in [0.15, 0.2) is 0 Å². The number of hydrazine groups is 1. The number of amides is 1. The van der Waals surface area contributed by atoms with Crippen molar-refractivity contribution in [2.45, 2.75) is 24.2 Å². The second-order valence-electron chi connectivity index (χ2n) is 7.18. The third-order valence-corrected chi connectivity index (χ3v) is 7.32. The van der Waals surface area contributed by atoms with Gasteiger partial charge in [-0.15, -0.1) is 0 Å². The topological polar surface area (TPSA) is 105 Å². The van der Waals surface area contributed by atoms with E-state index in [1.165, 1.54) is 34.6 Å². The highest BCUT2D eigenvalue weighted by Crippen LogP contribution is 2.26. The number of rotatable bonds is 7. The molecule has 0 saturated carbocycles. The molecule has 1 amide bonds. The van der Waals surface area contributed by atoms with Gasteiger partial charge in [0.2, 0.25) is 10.0 Å². The summed E-state index contributed by atoms with van der Waals surface area (Å²) >= 11 is 11.7. The average molecular weight is 504 g/mol. The van der Waals surface area contributed by atoms with Crippen molar-refractivity contribution in [3.8, 4) is 0 Å². The van der Waals surface area contributed by atoms with Crippen LogP contribution >= 0.6 is 23.2 Å². The Morgan fingerprint density at radius 2 is 1.88 bits per heavy atom. The van der Waals surface area contributed by atoms with Crippen molar-refractivity contribution in [2.75, 3.05) is 13.1 Å². The fraction of sp³-hybridized carbons (Fsp3) is 0.300. The van der Waals surface area contributed by atoms with Crippen molar-refractivity contribution in [3.05, 3.63) is 63.9 Å². The number of hydrogen-bond acceptors (Lipinski definition) is 6. The number of sulfonamides is 1. The molecule has 0 bridgehead atoms. The van der Waals surface area contributed by atoms with Gasteiger partial charge in [-0.05, 0) is 61.2 Å². The first-order chi connectivity index (χ1) is 15.2. The number of carbonyl (C=O) groups excluding carboxylic acids is 2. The highest BCUT2D eigenvalue weighted by Gasteiger charge is 2.31. The lowest BCUT2D eigenvalue weighted by atomic mass is 9.96. The van der Waals surface area contributed by atoms with Crippen LogP contribution in [-0.4, -0.2) is 37.7 Å². The van der Waals surface area contributed by atoms with E-state index in [0.717, 1.165) is 12.1 Å². The molecule has 12 heteroatoms. The van der Waals surface area contributed by atoms with Crippen LogP contribution in [0.2, 0.25) is 10.0 Å². The lowest BCUT2D eigenvalue weighted by molar-refractivity contribution is -0.154. The van der Waals surface area contributed by atoms with E-state index in [9.17, 15) is 22.4 Å². The SMILES string of the molecule is O=C(CC1CCCN(S(=O)(=O)c2ccc(F)cc2)C1)ONNC(=O)c1ccc(Cl)cc1Cl. The Hall–Kier alpha value is -2.24. The van der Waals surface area contributed by atoms with Crippen LogP contribution in [0.25, 0.3) is 0 Å². The molecule has 1 heterocycles. The molecule has 32 heavy (non-hydrogen) atoms. The van der Waals surface area contributed by atoms with Gasteiger partial charge in [0.05, 0.1) is 21.9 Å². The summed E-state index contributed by atoms with van der Waals surface area (Å²) in [5, 5.41) is 0.502. The Bertz CT molecular complexity index is 1100. The predicted octanol–water partition coefficient (Wildman–Crippen LogP) is 3.32. The van der Waals surface area contributed by atoms with E-state index in [1.54, 1.807) is 0 Å². The van der Waals surface area contributed by atoms with Crippen LogP contribution in [0.3, 0.4) is 0 Å². The Balaban J connectivity index is 1.49. The molecule has 0 aromatic heterocycles. The maximum atomic E-state index is 13.1. The molecule has 2 aromatic carbocycles. The van der Waals surface area contributed by atoms with Crippen molar-refractivity contribution in [1.29, 1.82) is 0 Å². The Labute approximate surface area is 194 Å². The van der Waals surface area contributed by atoms with Gasteiger partial charge < -0.3 is 4.84 Å². The summed E-state index contributed by atoms with van der Waals surface area (Å²) in [4.78, 5) is 29.0. The van der Waals surface area contributed by atoms with Gasteiger partial charge in [0, 0.05) is 18.1 Å². The summed E-state index contributed by atoms with van der Waals surface area (Å²) in [5.41, 5.74) is 4.40. The molecule has 0 radical (unpaired) electrons. The molecule has 1 aliphatic heterocycles. The molecule has 2 N–H and O–H groups in total. The molecule has 1 unspecified atom stereocenters. The van der Waals surface area contributed by atoms with Crippen LogP contribution in [0.4, 0.5) is 4.39 Å². The molecular weight excluding hydrogens is 484 g/mol. The molecule has 2 aromatic rings. The van der Waals surface area contributed by atoms with Crippen molar-refractivity contribution >= 4 is 45.1 Å². The molecule has 172 valence electrons. The lowest BCUT2D eigenvalue weighted by Gasteiger charge is -2.31. The van der Waals surface area contributed by atoms with Crippen LogP contribution < -0.4 is 11.0 Å². The predicted molar refractivity (Wildman–Crippen MR) is 116 cm³/mol. The van der Waals surface area contributed by atoms with Gasteiger partial charge in [-0.2, -0.15) is 4.31 Å². The molecule has 1 saturated heterocycles. The summed E-state index contributed by atoms with van der Waals surface area (Å²) in [5.74, 6) is -2.09. The van der Waals surface area contributed by atoms with E-state index in [4.69, 9.17) is 28.0 Å². The van der Waals surface area contributed by atoms with Crippen LogP contribution in [-0.2, 0) is 19.7 Å². The van der Waals surface area contributed by atoms with Crippen LogP contribution in [0.5, 0.6) is 0 Å². The number of hydrogen-bond donors (Lipinski definition) is 2. The molecule has 3 rings (SSSR count). The maximum Gasteiger partial charge on any atom is 0.327 e. The van der Waals surface area contributed by atoms with Crippen molar-refractivity contribution < 1.29 is 27.2 Å². The van der Waals surface area contributed by atoms with E-state index in [0.29, 0.717) is 24.4 Å². The number of nitrogens with one attached hydrogen (secondary N) is 2. The Morgan fingerprint density at radius 3 is 2.56 bits per heavy atom. The largest absolute Gasteiger partial charge is 0.351 e. The third kappa shape index (κ3) is 6.17. The number of carbonyl (C=O) groups is 2. The second kappa shape index (κ2) is 10.6. The number of nitrogens with zero attached hydrogens (tertiary/aromatic N) is 1. The van der Waals surface area contributed by atoms with Crippen LogP contribution in [0.15, 0.2) is 47.4 Å². The van der Waals surface area contributed by atoms with Gasteiger partial charge in [-0.3, -0.25) is 15.0 Å². The third-order valence-electron chi connectivity index (χ3n) is 4.89. The fourth-order valence-corrected chi connectivity index (χ4v) is 5.36. The smallest absolute Gasteiger partial charge is 0.327 e. The molecule has 1 atom stereocenters. The number of piperidine rings is 1. The highest BCUT2D eigenvalue weighted by molar-refractivity contribution is 7.89. The minimum absolute atomic E-state index is 0.00707. The molecule has 0 spiro atoms. The van der Waals surface area contributed by atoms with Crippen molar-refractivity contribution in [2.24, 2.45) is 5.92 Å². The monoisotopic (exact) mass is 503 g/mol. The lowest BCUT2D eigenvalue weighted by Crippen LogP contribution is -2.42. The summed E-state index contributed by atoms with van der Waals surface area (Å²) in [6.07, 6.45) is 1.15. The zero-order valence-electron chi connectivity index (χ0n) is 16.7. The Kier molecular flexibility index (Phi) is 8.07. The van der Waals surface area contributed by atoms with Crippen molar-refractivity contribution in [3.63, 3.8) is 0 Å². The fourth-order valence-electron chi connectivity index (χ4n) is 3.31. The van der Waals surface area contributed by atoms with Gasteiger partial charge >= 0.3 is 5.97 Å². The second-order valence-corrected chi connectivity index (χ2v) is 9.97. The zero-order valence-corrected chi connectivity index (χ0v) is 19.0. The summed E-state index contributed by atoms with van der Waals surface area (Å²) in [6.45, 7) is 0.433. The van der Waals surface area contributed by atoms with E-state index >= 15 is 0 Å². The first kappa shape index (κ1) is 24.4. The normalized spacial score (nSPS) is 17.0. The molecular formula is C20H20Cl2FN3O5S. The first-order valence-corrected chi connectivity index (χ1v) is 11.8. The summed E-state index contributed by atoms with van der Waals surface area (Å²) in [6, 6.07) is 8.90. The molecule has 8 nitrogen and oxygen atoms in total. The first-order valence-electron chi connectivity index (χ1n) is 9.62. The van der Waals surface area contributed by atoms with E-state index in [2.05, 4.69) is 11.0 Å². The molecule has 1 aliphatic rings. The van der Waals surface area contributed by atoms with E-state index < -0.39 is 27.7 Å². The van der Waals surface area contributed by atoms with Gasteiger partial charge in [0.1, 0.15) is 5.82 Å². The zero-order chi connectivity index (χ0) is 23.3. The molecule has 0 aliphatic carbocycles. The van der Waals surface area contributed by atoms with Crippen molar-refractivity contribution in [1.82, 2.24) is 15.3 Å². The number of halogens is 3. The quantitative estimate of drug-likeness (QED) is 0.561. The van der Waals surface area contributed by atoms with E-state index in [-0.39, 0.29) is 34.4 Å². The summed E-state index contributed by atoms with van der Waals surface area (Å²) < 4.78 is 39.9. The average Bonchev–Trinajstić information content (AvgIpc) is 2.74.